The Morgan fingerprint density at radius 3 is 2.70 bits per heavy atom. The molecule has 7 heteroatoms. The number of fused-ring (bicyclic) bond motifs is 1. The minimum absolute atomic E-state index is 0.388. The number of halogens is 1. The predicted molar refractivity (Wildman–Crippen MR) is 106 cm³/mol. The largest absolute Gasteiger partial charge is 0.455 e. The Bertz CT molecular complexity index is 948. The molecule has 0 aliphatic rings. The molecule has 0 radical (unpaired) electrons. The fraction of sp³-hybridized carbons (Fsp3) is 0.250. The van der Waals surface area contributed by atoms with Crippen LogP contribution in [0.2, 0.25) is 0 Å². The van der Waals surface area contributed by atoms with Crippen LogP contribution in [0.1, 0.15) is 19.5 Å². The number of hydrogen-bond donors (Lipinski definition) is 1. The summed E-state index contributed by atoms with van der Waals surface area (Å²) >= 11 is 3.40. The maximum atomic E-state index is 12.7. The van der Waals surface area contributed by atoms with E-state index in [-0.39, 0.29) is 5.91 Å². The summed E-state index contributed by atoms with van der Waals surface area (Å²) in [7, 11) is 1.43. The molecule has 2 heterocycles. The number of carbonyl (C=O) groups excluding carboxylic acids is 1. The second-order valence-corrected chi connectivity index (χ2v) is 7.44. The number of aromatic nitrogens is 2. The number of amides is 1. The SMILES string of the molecule is COC(Oc1ccc2ncc(Br)cc2c1)C(=O)NC(C)(C)c1ccccn1. The summed E-state index contributed by atoms with van der Waals surface area (Å²) in [5.41, 5.74) is 0.909. The van der Waals surface area contributed by atoms with Crippen molar-refractivity contribution in [2.45, 2.75) is 25.7 Å². The van der Waals surface area contributed by atoms with Crippen LogP contribution in [0, 0.1) is 0 Å². The maximum absolute atomic E-state index is 12.7. The number of methoxy groups -OCH3 is 1. The lowest BCUT2D eigenvalue weighted by atomic mass is 10.00. The van der Waals surface area contributed by atoms with E-state index in [9.17, 15) is 4.79 Å². The summed E-state index contributed by atoms with van der Waals surface area (Å²) in [6, 6.07) is 12.9. The summed E-state index contributed by atoms with van der Waals surface area (Å²) in [4.78, 5) is 21.3. The normalized spacial score (nSPS) is 12.6. The zero-order valence-corrected chi connectivity index (χ0v) is 16.9. The number of benzene rings is 1. The molecule has 3 aromatic rings. The molecule has 1 N–H and O–H groups in total. The van der Waals surface area contributed by atoms with Gasteiger partial charge in [-0.15, -0.1) is 0 Å². The molecular formula is C20H20BrN3O3. The van der Waals surface area contributed by atoms with E-state index >= 15 is 0 Å². The first-order valence-electron chi connectivity index (χ1n) is 8.37. The highest BCUT2D eigenvalue weighted by Crippen LogP contribution is 2.24. The van der Waals surface area contributed by atoms with Gasteiger partial charge in [-0.2, -0.15) is 0 Å². The van der Waals surface area contributed by atoms with Gasteiger partial charge in [0.05, 0.1) is 16.7 Å². The van der Waals surface area contributed by atoms with E-state index in [1.807, 2.05) is 50.2 Å². The second-order valence-electron chi connectivity index (χ2n) is 6.52. The van der Waals surface area contributed by atoms with Crippen molar-refractivity contribution in [2.75, 3.05) is 7.11 Å². The summed E-state index contributed by atoms with van der Waals surface area (Å²) < 4.78 is 11.9. The average Bonchev–Trinajstić information content (AvgIpc) is 2.66. The molecule has 0 spiro atoms. The van der Waals surface area contributed by atoms with Crippen LogP contribution in [0.4, 0.5) is 0 Å². The van der Waals surface area contributed by atoms with Crippen LogP contribution in [0.5, 0.6) is 5.75 Å². The van der Waals surface area contributed by atoms with Crippen molar-refractivity contribution in [1.29, 1.82) is 0 Å². The van der Waals surface area contributed by atoms with Crippen molar-refractivity contribution < 1.29 is 14.3 Å². The van der Waals surface area contributed by atoms with Crippen molar-refractivity contribution in [1.82, 2.24) is 15.3 Å². The third kappa shape index (κ3) is 4.61. The van der Waals surface area contributed by atoms with Crippen molar-refractivity contribution in [3.63, 3.8) is 0 Å². The third-order valence-corrected chi connectivity index (χ3v) is 4.47. The van der Waals surface area contributed by atoms with E-state index in [1.54, 1.807) is 18.5 Å². The smallest absolute Gasteiger partial charge is 0.290 e. The van der Waals surface area contributed by atoms with Crippen molar-refractivity contribution in [3.8, 4) is 5.75 Å². The lowest BCUT2D eigenvalue weighted by Crippen LogP contribution is -2.48. The molecule has 0 bridgehead atoms. The average molecular weight is 430 g/mol. The highest BCUT2D eigenvalue weighted by atomic mass is 79.9. The monoisotopic (exact) mass is 429 g/mol. The topological polar surface area (TPSA) is 73.3 Å². The second kappa shape index (κ2) is 8.02. The molecule has 1 aromatic carbocycles. The van der Waals surface area contributed by atoms with Gasteiger partial charge in [-0.05, 0) is 66.2 Å². The van der Waals surface area contributed by atoms with Gasteiger partial charge in [-0.1, -0.05) is 6.07 Å². The summed E-state index contributed by atoms with van der Waals surface area (Å²) in [6.07, 6.45) is 2.33. The molecule has 0 aliphatic carbocycles. The van der Waals surface area contributed by atoms with E-state index in [1.165, 1.54) is 7.11 Å². The van der Waals surface area contributed by atoms with Crippen LogP contribution in [-0.2, 0) is 15.1 Å². The highest BCUT2D eigenvalue weighted by Gasteiger charge is 2.29. The number of rotatable bonds is 6. The number of hydrogen-bond acceptors (Lipinski definition) is 5. The number of nitrogens with zero attached hydrogens (tertiary/aromatic N) is 2. The molecule has 0 fully saturated rings. The number of nitrogens with one attached hydrogen (secondary N) is 1. The number of pyridine rings is 2. The van der Waals surface area contributed by atoms with Crippen LogP contribution in [-0.4, -0.2) is 29.3 Å². The Morgan fingerprint density at radius 1 is 1.19 bits per heavy atom. The van der Waals surface area contributed by atoms with Gasteiger partial charge < -0.3 is 14.8 Å². The van der Waals surface area contributed by atoms with Crippen LogP contribution in [0.15, 0.2) is 59.3 Å². The Balaban J connectivity index is 1.75. The van der Waals surface area contributed by atoms with Crippen LogP contribution < -0.4 is 10.1 Å². The third-order valence-electron chi connectivity index (χ3n) is 4.03. The van der Waals surface area contributed by atoms with E-state index in [4.69, 9.17) is 9.47 Å². The fourth-order valence-corrected chi connectivity index (χ4v) is 3.00. The quantitative estimate of drug-likeness (QED) is 0.603. The van der Waals surface area contributed by atoms with E-state index < -0.39 is 11.8 Å². The maximum Gasteiger partial charge on any atom is 0.290 e. The minimum atomic E-state index is -1.09. The number of carbonyl (C=O) groups is 1. The zero-order chi connectivity index (χ0) is 19.4. The zero-order valence-electron chi connectivity index (χ0n) is 15.3. The van der Waals surface area contributed by atoms with E-state index in [0.29, 0.717) is 5.75 Å². The van der Waals surface area contributed by atoms with Crippen LogP contribution in [0.25, 0.3) is 10.9 Å². The lowest BCUT2D eigenvalue weighted by Gasteiger charge is -2.28. The molecule has 27 heavy (non-hydrogen) atoms. The summed E-state index contributed by atoms with van der Waals surface area (Å²) in [6.45, 7) is 3.75. The Kier molecular flexibility index (Phi) is 5.72. The van der Waals surface area contributed by atoms with E-state index in [2.05, 4.69) is 31.2 Å². The molecule has 1 amide bonds. The molecular weight excluding hydrogens is 410 g/mol. The van der Waals surface area contributed by atoms with Gasteiger partial charge in [-0.25, -0.2) is 0 Å². The Hall–Kier alpha value is -2.51. The first-order chi connectivity index (χ1) is 12.9. The molecule has 1 unspecified atom stereocenters. The molecule has 0 saturated carbocycles. The molecule has 2 aromatic heterocycles. The molecule has 3 rings (SSSR count). The van der Waals surface area contributed by atoms with Crippen molar-refractivity contribution >= 4 is 32.7 Å². The summed E-state index contributed by atoms with van der Waals surface area (Å²) in [5, 5.41) is 3.81. The molecule has 0 saturated heterocycles. The highest BCUT2D eigenvalue weighted by molar-refractivity contribution is 9.10. The molecule has 0 aliphatic heterocycles. The van der Waals surface area contributed by atoms with Gasteiger partial charge in [-0.3, -0.25) is 14.8 Å². The van der Waals surface area contributed by atoms with Crippen molar-refractivity contribution in [3.05, 3.63) is 65.0 Å². The lowest BCUT2D eigenvalue weighted by molar-refractivity contribution is -0.150. The molecule has 1 atom stereocenters. The minimum Gasteiger partial charge on any atom is -0.455 e. The van der Waals surface area contributed by atoms with Gasteiger partial charge in [0.25, 0.3) is 12.2 Å². The first-order valence-corrected chi connectivity index (χ1v) is 9.16. The van der Waals surface area contributed by atoms with Gasteiger partial charge in [0.15, 0.2) is 0 Å². The number of ether oxygens (including phenoxy) is 2. The van der Waals surface area contributed by atoms with Gasteiger partial charge in [0.1, 0.15) is 5.75 Å². The predicted octanol–water partition coefficient (Wildman–Crippen LogP) is 3.80. The fourth-order valence-electron chi connectivity index (χ4n) is 2.65. The van der Waals surface area contributed by atoms with E-state index in [0.717, 1.165) is 21.1 Å². The Morgan fingerprint density at radius 2 is 2.00 bits per heavy atom. The molecule has 6 nitrogen and oxygen atoms in total. The Labute approximate surface area is 166 Å². The van der Waals surface area contributed by atoms with Crippen molar-refractivity contribution in [2.24, 2.45) is 0 Å². The van der Waals surface area contributed by atoms with Crippen LogP contribution >= 0.6 is 15.9 Å². The van der Waals surface area contributed by atoms with Gasteiger partial charge in [0, 0.05) is 29.4 Å². The first kappa shape index (κ1) is 19.3. The standard InChI is InChI=1S/C20H20BrN3O3/c1-20(2,17-6-4-5-9-22-17)24-18(25)19(26-3)27-15-7-8-16-13(11-15)10-14(21)12-23-16/h4-12,19H,1-3H3,(H,24,25). The summed E-state index contributed by atoms with van der Waals surface area (Å²) in [5.74, 6) is 0.126. The van der Waals surface area contributed by atoms with Gasteiger partial charge in [0.2, 0.25) is 0 Å². The molecule has 140 valence electrons. The van der Waals surface area contributed by atoms with Gasteiger partial charge >= 0.3 is 0 Å². The van der Waals surface area contributed by atoms with Crippen LogP contribution in [0.3, 0.4) is 0 Å².